The van der Waals surface area contributed by atoms with E-state index in [0.717, 1.165) is 12.8 Å². The molecule has 1 aromatic heterocycles. The van der Waals surface area contributed by atoms with Crippen LogP contribution in [0.15, 0.2) is 6.20 Å². The molecule has 106 valence electrons. The lowest BCUT2D eigenvalue weighted by Gasteiger charge is -2.34. The molecule has 0 saturated heterocycles. The van der Waals surface area contributed by atoms with Gasteiger partial charge in [0.1, 0.15) is 0 Å². The average Bonchev–Trinajstić information content (AvgIpc) is 2.83. The zero-order valence-electron chi connectivity index (χ0n) is 12.8. The number of nitrogens with zero attached hydrogens (tertiary/aromatic N) is 2. The summed E-state index contributed by atoms with van der Waals surface area (Å²) in [6.07, 6.45) is 9.80. The van der Waals surface area contributed by atoms with Gasteiger partial charge in [0.15, 0.2) is 0 Å². The summed E-state index contributed by atoms with van der Waals surface area (Å²) in [5, 5.41) is 8.70. The lowest BCUT2D eigenvalue weighted by Crippen LogP contribution is -2.52. The van der Waals surface area contributed by atoms with Gasteiger partial charge in [0.25, 0.3) is 0 Å². The van der Waals surface area contributed by atoms with Gasteiger partial charge in [-0.25, -0.2) is 0 Å². The summed E-state index contributed by atoms with van der Waals surface area (Å²) in [6.45, 7) is 9.18. The van der Waals surface area contributed by atoms with Crippen LogP contribution in [-0.2, 0) is 12.8 Å². The second kappa shape index (κ2) is 4.34. The van der Waals surface area contributed by atoms with E-state index in [1.807, 2.05) is 0 Å². The number of nitrogens with one attached hydrogen (secondary N) is 1. The molecule has 3 heteroatoms. The Kier molecular flexibility index (Phi) is 3.01. The maximum atomic E-state index is 4.93. The highest BCUT2D eigenvalue weighted by atomic mass is 15.3. The monoisotopic (exact) mass is 261 g/mol. The van der Waals surface area contributed by atoms with E-state index in [4.69, 9.17) is 5.10 Å². The van der Waals surface area contributed by atoms with Gasteiger partial charge in [0.2, 0.25) is 0 Å². The van der Waals surface area contributed by atoms with Crippen molar-refractivity contribution < 1.29 is 0 Å². The van der Waals surface area contributed by atoms with Crippen LogP contribution in [0.2, 0.25) is 0 Å². The molecule has 0 bridgehead atoms. The van der Waals surface area contributed by atoms with E-state index < -0.39 is 0 Å². The highest BCUT2D eigenvalue weighted by molar-refractivity contribution is 5.25. The lowest BCUT2D eigenvalue weighted by atomic mass is 9.95. The molecule has 0 unspecified atom stereocenters. The van der Waals surface area contributed by atoms with Gasteiger partial charge in [-0.3, -0.25) is 4.68 Å². The van der Waals surface area contributed by atoms with Gasteiger partial charge >= 0.3 is 0 Å². The number of rotatable bonds is 1. The minimum atomic E-state index is 0.129. The van der Waals surface area contributed by atoms with Gasteiger partial charge in [-0.15, -0.1) is 0 Å². The summed E-state index contributed by atoms with van der Waals surface area (Å²) < 4.78 is 2.27. The fourth-order valence-electron chi connectivity index (χ4n) is 4.02. The summed E-state index contributed by atoms with van der Waals surface area (Å²) in [5.41, 5.74) is 3.05. The molecule has 1 aromatic rings. The predicted molar refractivity (Wildman–Crippen MR) is 78.4 cm³/mol. The van der Waals surface area contributed by atoms with Crippen LogP contribution >= 0.6 is 0 Å². The lowest BCUT2D eigenvalue weighted by molar-refractivity contribution is 0.270. The fraction of sp³-hybridized carbons (Fsp3) is 0.812. The second-order valence-corrected chi connectivity index (χ2v) is 7.77. The molecule has 0 amide bonds. The van der Waals surface area contributed by atoms with Gasteiger partial charge in [0, 0.05) is 23.7 Å². The summed E-state index contributed by atoms with van der Waals surface area (Å²) in [7, 11) is 0. The van der Waals surface area contributed by atoms with Crippen molar-refractivity contribution in [3.05, 3.63) is 17.5 Å². The molecular formula is C16H27N3. The van der Waals surface area contributed by atoms with Crippen LogP contribution in [0.3, 0.4) is 0 Å². The van der Waals surface area contributed by atoms with Gasteiger partial charge in [-0.2, -0.15) is 5.10 Å². The molecule has 0 atom stereocenters. The first-order valence-corrected chi connectivity index (χ1v) is 7.71. The quantitative estimate of drug-likeness (QED) is 0.841. The normalized spacial score (nSPS) is 26.1. The molecule has 0 spiro atoms. The molecule has 1 aliphatic heterocycles. The number of fused-ring (bicyclic) bond motifs is 1. The van der Waals surface area contributed by atoms with E-state index >= 15 is 0 Å². The third-order valence-electron chi connectivity index (χ3n) is 4.51. The summed E-state index contributed by atoms with van der Waals surface area (Å²) in [4.78, 5) is 0. The van der Waals surface area contributed by atoms with Crippen LogP contribution in [0.5, 0.6) is 0 Å². The molecule has 3 rings (SSSR count). The van der Waals surface area contributed by atoms with Crippen molar-refractivity contribution >= 4 is 0 Å². The first-order chi connectivity index (χ1) is 8.85. The van der Waals surface area contributed by atoms with E-state index in [1.165, 1.54) is 36.9 Å². The molecule has 3 nitrogen and oxygen atoms in total. The highest BCUT2D eigenvalue weighted by Gasteiger charge is 2.34. The van der Waals surface area contributed by atoms with Crippen LogP contribution in [0.25, 0.3) is 0 Å². The Bertz CT molecular complexity index is 431. The van der Waals surface area contributed by atoms with E-state index in [-0.39, 0.29) is 11.1 Å². The summed E-state index contributed by atoms with van der Waals surface area (Å²) in [6, 6.07) is 0.658. The topological polar surface area (TPSA) is 29.9 Å². The SMILES string of the molecule is CC1(C)Cc2cn(C3CCCC3)nc2CC(C)(C)N1. The van der Waals surface area contributed by atoms with Crippen molar-refractivity contribution in [2.45, 2.75) is 83.3 Å². The molecule has 19 heavy (non-hydrogen) atoms. The molecule has 0 aromatic carbocycles. The highest BCUT2D eigenvalue weighted by Crippen LogP contribution is 2.32. The minimum Gasteiger partial charge on any atom is -0.306 e. The fourth-order valence-corrected chi connectivity index (χ4v) is 4.02. The van der Waals surface area contributed by atoms with Crippen molar-refractivity contribution in [3.8, 4) is 0 Å². The van der Waals surface area contributed by atoms with Crippen LogP contribution in [0, 0.1) is 0 Å². The largest absolute Gasteiger partial charge is 0.306 e. The smallest absolute Gasteiger partial charge is 0.0675 e. The second-order valence-electron chi connectivity index (χ2n) is 7.77. The molecule has 1 N–H and O–H groups in total. The van der Waals surface area contributed by atoms with E-state index in [1.54, 1.807) is 0 Å². The van der Waals surface area contributed by atoms with Gasteiger partial charge in [0.05, 0.1) is 11.7 Å². The first-order valence-electron chi connectivity index (χ1n) is 7.71. The van der Waals surface area contributed by atoms with E-state index in [9.17, 15) is 0 Å². The van der Waals surface area contributed by atoms with Crippen LogP contribution < -0.4 is 5.32 Å². The molecule has 1 fully saturated rings. The number of hydrogen-bond acceptors (Lipinski definition) is 2. The number of aromatic nitrogens is 2. The van der Waals surface area contributed by atoms with Gasteiger partial charge in [-0.1, -0.05) is 12.8 Å². The van der Waals surface area contributed by atoms with Crippen LogP contribution in [0.4, 0.5) is 0 Å². The van der Waals surface area contributed by atoms with Crippen molar-refractivity contribution in [1.29, 1.82) is 0 Å². The third-order valence-corrected chi connectivity index (χ3v) is 4.51. The van der Waals surface area contributed by atoms with Gasteiger partial charge < -0.3 is 5.32 Å². The van der Waals surface area contributed by atoms with E-state index in [0.29, 0.717) is 6.04 Å². The molecule has 2 aliphatic rings. The molecular weight excluding hydrogens is 234 g/mol. The molecule has 1 aliphatic carbocycles. The zero-order valence-corrected chi connectivity index (χ0v) is 12.8. The van der Waals surface area contributed by atoms with Crippen molar-refractivity contribution in [2.75, 3.05) is 0 Å². The predicted octanol–water partition coefficient (Wildman–Crippen LogP) is 3.24. The minimum absolute atomic E-state index is 0.129. The Labute approximate surface area is 116 Å². The Balaban J connectivity index is 1.93. The van der Waals surface area contributed by atoms with Crippen molar-refractivity contribution in [2.24, 2.45) is 0 Å². The first kappa shape index (κ1) is 13.2. The Morgan fingerprint density at radius 1 is 1.11 bits per heavy atom. The van der Waals surface area contributed by atoms with Crippen molar-refractivity contribution in [3.63, 3.8) is 0 Å². The zero-order chi connectivity index (χ0) is 13.7. The average molecular weight is 261 g/mol. The summed E-state index contributed by atoms with van der Waals surface area (Å²) in [5.74, 6) is 0. The number of hydrogen-bond donors (Lipinski definition) is 1. The standard InChI is InChI=1S/C16H27N3/c1-15(2)9-12-11-19(13-7-5-6-8-13)17-14(12)10-16(3,4)18-15/h11,13,18H,5-10H2,1-4H3. The summed E-state index contributed by atoms with van der Waals surface area (Å²) >= 11 is 0. The van der Waals surface area contributed by atoms with Crippen LogP contribution in [0.1, 0.15) is 70.7 Å². The molecule has 1 saturated carbocycles. The Hall–Kier alpha value is -0.830. The van der Waals surface area contributed by atoms with Crippen molar-refractivity contribution in [1.82, 2.24) is 15.1 Å². The maximum absolute atomic E-state index is 4.93. The van der Waals surface area contributed by atoms with E-state index in [2.05, 4.69) is 43.9 Å². The van der Waals surface area contributed by atoms with Crippen LogP contribution in [-0.4, -0.2) is 20.9 Å². The molecule has 2 heterocycles. The Morgan fingerprint density at radius 2 is 1.74 bits per heavy atom. The maximum Gasteiger partial charge on any atom is 0.0675 e. The molecule has 0 radical (unpaired) electrons. The third kappa shape index (κ3) is 2.71. The Morgan fingerprint density at radius 3 is 2.42 bits per heavy atom. The van der Waals surface area contributed by atoms with Gasteiger partial charge in [-0.05, 0) is 52.5 Å².